The van der Waals surface area contributed by atoms with Gasteiger partial charge in [0, 0.05) is 26.1 Å². The minimum atomic E-state index is 0.0620. The zero-order valence-electron chi connectivity index (χ0n) is 14.2. The van der Waals surface area contributed by atoms with Gasteiger partial charge in [0.25, 0.3) is 0 Å². The molecule has 124 valence electrons. The molecule has 1 aliphatic carbocycles. The Labute approximate surface area is 144 Å². The van der Waals surface area contributed by atoms with E-state index in [-0.39, 0.29) is 5.60 Å². The molecule has 2 unspecified atom stereocenters. The van der Waals surface area contributed by atoms with E-state index in [1.54, 1.807) is 11.1 Å². The molecule has 1 saturated heterocycles. The number of fused-ring (bicyclic) bond motifs is 2. The Bertz CT molecular complexity index is 755. The van der Waals surface area contributed by atoms with E-state index in [0.717, 1.165) is 18.7 Å². The molecule has 1 spiro atoms. The summed E-state index contributed by atoms with van der Waals surface area (Å²) in [5.74, 6) is 1.84. The Morgan fingerprint density at radius 1 is 0.958 bits per heavy atom. The van der Waals surface area contributed by atoms with Crippen molar-refractivity contribution in [2.75, 3.05) is 19.6 Å². The second-order valence-electron chi connectivity index (χ2n) is 7.81. The van der Waals surface area contributed by atoms with Crippen molar-refractivity contribution >= 4 is 0 Å². The molecule has 2 aromatic rings. The monoisotopic (exact) mass is 319 g/mol. The highest BCUT2D eigenvalue weighted by molar-refractivity contribution is 5.37. The van der Waals surface area contributed by atoms with Crippen LogP contribution in [-0.2, 0) is 12.8 Å². The van der Waals surface area contributed by atoms with Gasteiger partial charge < -0.3 is 4.74 Å². The van der Waals surface area contributed by atoms with Gasteiger partial charge in [-0.3, -0.25) is 4.90 Å². The van der Waals surface area contributed by atoms with E-state index in [4.69, 9.17) is 4.74 Å². The van der Waals surface area contributed by atoms with E-state index in [9.17, 15) is 0 Å². The van der Waals surface area contributed by atoms with E-state index in [1.807, 2.05) is 0 Å². The van der Waals surface area contributed by atoms with Crippen LogP contribution in [0.2, 0.25) is 0 Å². The number of hydrogen-bond acceptors (Lipinski definition) is 2. The number of para-hydroxylation sites is 1. The number of aryl methyl sites for hydroxylation is 2. The van der Waals surface area contributed by atoms with Crippen molar-refractivity contribution in [3.05, 3.63) is 65.2 Å². The Kier molecular flexibility index (Phi) is 3.41. The van der Waals surface area contributed by atoms with Crippen LogP contribution in [0.25, 0.3) is 0 Å². The third-order valence-electron chi connectivity index (χ3n) is 6.28. The summed E-state index contributed by atoms with van der Waals surface area (Å²) in [6.07, 6.45) is 6.07. The molecule has 2 aliphatic heterocycles. The Morgan fingerprint density at radius 3 is 2.75 bits per heavy atom. The van der Waals surface area contributed by atoms with Gasteiger partial charge in [-0.05, 0) is 54.4 Å². The number of ether oxygens (including phenoxy) is 1. The van der Waals surface area contributed by atoms with Gasteiger partial charge in [-0.1, -0.05) is 42.5 Å². The molecule has 2 nitrogen and oxygen atoms in total. The van der Waals surface area contributed by atoms with Crippen molar-refractivity contribution in [2.45, 2.75) is 43.6 Å². The van der Waals surface area contributed by atoms with Crippen molar-refractivity contribution in [1.82, 2.24) is 4.90 Å². The Balaban J connectivity index is 1.29. The first kappa shape index (κ1) is 14.5. The molecule has 2 aromatic carbocycles. The number of likely N-dealkylation sites (tertiary alicyclic amines) is 1. The molecule has 0 aromatic heterocycles. The molecule has 0 N–H and O–H groups in total. The summed E-state index contributed by atoms with van der Waals surface area (Å²) in [5, 5.41) is 0. The molecule has 2 heteroatoms. The van der Waals surface area contributed by atoms with Crippen LogP contribution >= 0.6 is 0 Å². The van der Waals surface area contributed by atoms with Crippen LogP contribution in [0.5, 0.6) is 5.75 Å². The average molecular weight is 319 g/mol. The van der Waals surface area contributed by atoms with Crippen molar-refractivity contribution < 1.29 is 4.74 Å². The van der Waals surface area contributed by atoms with Gasteiger partial charge in [0.1, 0.15) is 11.4 Å². The third kappa shape index (κ3) is 2.44. The molecule has 5 rings (SSSR count). The van der Waals surface area contributed by atoms with Gasteiger partial charge in [0.05, 0.1) is 0 Å². The van der Waals surface area contributed by atoms with Crippen LogP contribution in [0.1, 0.15) is 41.9 Å². The quantitative estimate of drug-likeness (QED) is 0.823. The summed E-state index contributed by atoms with van der Waals surface area (Å²) in [6, 6.07) is 17.6. The molecule has 2 atom stereocenters. The lowest BCUT2D eigenvalue weighted by Gasteiger charge is -2.36. The first-order valence-corrected chi connectivity index (χ1v) is 9.38. The van der Waals surface area contributed by atoms with Crippen molar-refractivity contribution in [1.29, 1.82) is 0 Å². The number of benzene rings is 2. The summed E-state index contributed by atoms with van der Waals surface area (Å²) in [7, 11) is 0. The zero-order chi connectivity index (χ0) is 16.0. The summed E-state index contributed by atoms with van der Waals surface area (Å²) < 4.78 is 6.50. The van der Waals surface area contributed by atoms with Gasteiger partial charge in [0.2, 0.25) is 0 Å². The predicted molar refractivity (Wildman–Crippen MR) is 96.7 cm³/mol. The van der Waals surface area contributed by atoms with Gasteiger partial charge in [-0.15, -0.1) is 0 Å². The molecule has 0 amide bonds. The summed E-state index contributed by atoms with van der Waals surface area (Å²) in [4.78, 5) is 2.65. The van der Waals surface area contributed by atoms with Crippen LogP contribution in [0.4, 0.5) is 0 Å². The van der Waals surface area contributed by atoms with Crippen LogP contribution < -0.4 is 4.74 Å². The molecular weight excluding hydrogens is 294 g/mol. The lowest BCUT2D eigenvalue weighted by molar-refractivity contribution is 0.0539. The highest BCUT2D eigenvalue weighted by Gasteiger charge is 2.43. The molecule has 0 bridgehead atoms. The van der Waals surface area contributed by atoms with E-state index < -0.39 is 0 Å². The standard InChI is InChI=1S/C22H25NO/c1-3-7-20-17(5-1)9-10-19(20)15-23-14-13-22(16-23)12-11-18-6-2-4-8-21(18)24-22/h1-8,19H,9-16H2. The van der Waals surface area contributed by atoms with E-state index in [0.29, 0.717) is 5.92 Å². The van der Waals surface area contributed by atoms with Crippen LogP contribution in [0.15, 0.2) is 48.5 Å². The van der Waals surface area contributed by atoms with E-state index in [1.165, 1.54) is 44.3 Å². The molecule has 24 heavy (non-hydrogen) atoms. The van der Waals surface area contributed by atoms with Gasteiger partial charge in [-0.25, -0.2) is 0 Å². The first-order valence-electron chi connectivity index (χ1n) is 9.38. The zero-order valence-corrected chi connectivity index (χ0v) is 14.2. The maximum Gasteiger partial charge on any atom is 0.123 e. The lowest BCUT2D eigenvalue weighted by atomic mass is 9.90. The summed E-state index contributed by atoms with van der Waals surface area (Å²) >= 11 is 0. The Morgan fingerprint density at radius 2 is 1.79 bits per heavy atom. The highest BCUT2D eigenvalue weighted by atomic mass is 16.5. The van der Waals surface area contributed by atoms with Crippen molar-refractivity contribution in [3.8, 4) is 5.75 Å². The fourth-order valence-electron chi connectivity index (χ4n) is 4.97. The first-order chi connectivity index (χ1) is 11.8. The van der Waals surface area contributed by atoms with Crippen LogP contribution in [0.3, 0.4) is 0 Å². The largest absolute Gasteiger partial charge is 0.486 e. The predicted octanol–water partition coefficient (Wildman–Crippen LogP) is 4.19. The maximum atomic E-state index is 6.50. The van der Waals surface area contributed by atoms with Gasteiger partial charge >= 0.3 is 0 Å². The van der Waals surface area contributed by atoms with Crippen LogP contribution in [0, 0.1) is 0 Å². The fourth-order valence-corrected chi connectivity index (χ4v) is 4.97. The minimum absolute atomic E-state index is 0.0620. The molecule has 2 heterocycles. The number of rotatable bonds is 2. The molecular formula is C22H25NO. The molecule has 0 radical (unpaired) electrons. The highest BCUT2D eigenvalue weighted by Crippen LogP contribution is 2.40. The second-order valence-corrected chi connectivity index (χ2v) is 7.81. The number of nitrogens with zero attached hydrogens (tertiary/aromatic N) is 1. The van der Waals surface area contributed by atoms with Crippen LogP contribution in [-0.4, -0.2) is 30.1 Å². The maximum absolute atomic E-state index is 6.50. The summed E-state index contributed by atoms with van der Waals surface area (Å²) in [6.45, 7) is 3.48. The van der Waals surface area contributed by atoms with E-state index in [2.05, 4.69) is 53.4 Å². The fraction of sp³-hybridized carbons (Fsp3) is 0.455. The van der Waals surface area contributed by atoms with E-state index >= 15 is 0 Å². The summed E-state index contributed by atoms with van der Waals surface area (Å²) in [5.41, 5.74) is 4.60. The molecule has 0 saturated carbocycles. The average Bonchev–Trinajstić information content (AvgIpc) is 3.20. The third-order valence-corrected chi connectivity index (χ3v) is 6.28. The molecule has 1 fully saturated rings. The smallest absolute Gasteiger partial charge is 0.123 e. The lowest BCUT2D eigenvalue weighted by Crippen LogP contribution is -2.42. The van der Waals surface area contributed by atoms with Crippen molar-refractivity contribution in [3.63, 3.8) is 0 Å². The van der Waals surface area contributed by atoms with Gasteiger partial charge in [0.15, 0.2) is 0 Å². The van der Waals surface area contributed by atoms with Gasteiger partial charge in [-0.2, -0.15) is 0 Å². The SMILES string of the molecule is c1ccc2c(c1)CCC1(CCN(CC3CCc4ccccc43)C1)O2. The normalized spacial score (nSPS) is 28.6. The Hall–Kier alpha value is -1.80. The minimum Gasteiger partial charge on any atom is -0.486 e. The van der Waals surface area contributed by atoms with Crippen molar-refractivity contribution in [2.24, 2.45) is 0 Å². The topological polar surface area (TPSA) is 12.5 Å². The number of hydrogen-bond donors (Lipinski definition) is 0. The second kappa shape index (κ2) is 5.63. The molecule has 3 aliphatic rings.